The average molecular weight is 625 g/mol. The fourth-order valence-corrected chi connectivity index (χ4v) is 5.84. The Labute approximate surface area is 255 Å². The number of hydrogen-bond acceptors (Lipinski definition) is 9. The number of ether oxygens (including phenoxy) is 1. The molecule has 0 saturated carbocycles. The first-order chi connectivity index (χ1) is 21.1. The number of amides is 1. The highest BCUT2D eigenvalue weighted by Gasteiger charge is 2.30. The number of likely N-dealkylation sites (tertiary alicyclic amines) is 1. The summed E-state index contributed by atoms with van der Waals surface area (Å²) in [5.74, 6) is -1.45. The number of halogens is 1. The van der Waals surface area contributed by atoms with Crippen molar-refractivity contribution in [3.8, 4) is 18.2 Å². The number of aromatic nitrogens is 2. The molecule has 232 valence electrons. The van der Waals surface area contributed by atoms with Crippen molar-refractivity contribution in [3.63, 3.8) is 0 Å². The topological polar surface area (TPSA) is 145 Å². The minimum atomic E-state index is -4.42. The number of carbonyl (C=O) groups excluding carboxylic acids is 1. The molecule has 1 aliphatic rings. The molecule has 0 aliphatic carbocycles. The largest absolute Gasteiger partial charge is 0.480 e. The van der Waals surface area contributed by atoms with Crippen molar-refractivity contribution in [3.05, 3.63) is 66.1 Å². The number of carboxylic acid groups (broad SMARTS) is 1. The van der Waals surface area contributed by atoms with Crippen LogP contribution in [0.4, 0.5) is 26.6 Å². The SMILES string of the molecule is C#CN(c1cnc(N(CC)CC)nc1NC(Cc1ccc(OC(=O)N2CCCC2)cc1)C(=O)O)S(=O)(=O)c1ccc(F)cc1. The van der Waals surface area contributed by atoms with Gasteiger partial charge in [0.25, 0.3) is 10.0 Å². The molecule has 4 rings (SSSR count). The monoisotopic (exact) mass is 624 g/mol. The average Bonchev–Trinajstić information content (AvgIpc) is 3.55. The molecule has 2 N–H and O–H groups in total. The number of benzene rings is 2. The standard InChI is InChI=1S/C30H33FN6O6S/c1-4-35(5-2)29-32-20-26(37(6-3)44(41,42)24-15-11-22(31)12-16-24)27(34-29)33-25(28(38)39)19-21-9-13-23(14-10-21)43-30(40)36-17-7-8-18-36/h3,9-16,20,25H,4-5,7-8,17-19H2,1-2H3,(H,38,39)(H,32,33,34). The van der Waals surface area contributed by atoms with E-state index in [0.29, 0.717) is 41.8 Å². The summed E-state index contributed by atoms with van der Waals surface area (Å²) in [6.45, 7) is 6.11. The summed E-state index contributed by atoms with van der Waals surface area (Å²) < 4.78 is 46.5. The highest BCUT2D eigenvalue weighted by molar-refractivity contribution is 7.93. The van der Waals surface area contributed by atoms with E-state index < -0.39 is 33.9 Å². The van der Waals surface area contributed by atoms with E-state index >= 15 is 0 Å². The van der Waals surface area contributed by atoms with Crippen LogP contribution in [0.15, 0.2) is 59.6 Å². The molecule has 44 heavy (non-hydrogen) atoms. The van der Waals surface area contributed by atoms with Gasteiger partial charge in [0.15, 0.2) is 5.82 Å². The second-order valence-corrected chi connectivity index (χ2v) is 11.7. The van der Waals surface area contributed by atoms with Crippen molar-refractivity contribution in [2.24, 2.45) is 0 Å². The van der Waals surface area contributed by atoms with Gasteiger partial charge in [-0.15, -0.1) is 0 Å². The van der Waals surface area contributed by atoms with Crippen molar-refractivity contribution >= 4 is 39.5 Å². The molecule has 0 spiro atoms. The van der Waals surface area contributed by atoms with E-state index in [1.54, 1.807) is 34.1 Å². The molecule has 0 bridgehead atoms. The third kappa shape index (κ3) is 7.35. The number of terminal acetylenes is 1. The Hall–Kier alpha value is -4.90. The van der Waals surface area contributed by atoms with E-state index in [1.807, 2.05) is 13.8 Å². The van der Waals surface area contributed by atoms with Crippen LogP contribution in [0.5, 0.6) is 5.75 Å². The Kier molecular flexibility index (Phi) is 10.2. The lowest BCUT2D eigenvalue weighted by atomic mass is 10.1. The number of nitrogens with one attached hydrogen (secondary N) is 1. The molecule has 1 amide bonds. The van der Waals surface area contributed by atoms with Gasteiger partial charge in [-0.25, -0.2) is 27.4 Å². The summed E-state index contributed by atoms with van der Waals surface area (Å²) in [5.41, 5.74) is 0.404. The fourth-order valence-electron chi connectivity index (χ4n) is 4.62. The maximum absolute atomic E-state index is 13.5. The number of rotatable bonds is 12. The molecule has 12 nitrogen and oxygen atoms in total. The van der Waals surface area contributed by atoms with Gasteiger partial charge in [0, 0.05) is 38.6 Å². The lowest BCUT2D eigenvalue weighted by molar-refractivity contribution is -0.137. The molecule has 2 aromatic carbocycles. The second kappa shape index (κ2) is 14.0. The Morgan fingerprint density at radius 2 is 1.75 bits per heavy atom. The van der Waals surface area contributed by atoms with Gasteiger partial charge in [0.2, 0.25) is 5.95 Å². The minimum absolute atomic E-state index is 0.0412. The van der Waals surface area contributed by atoms with Crippen molar-refractivity contribution in [2.45, 2.75) is 44.0 Å². The van der Waals surface area contributed by atoms with E-state index in [2.05, 4.69) is 21.3 Å². The van der Waals surface area contributed by atoms with Crippen molar-refractivity contribution in [2.75, 3.05) is 40.7 Å². The predicted molar refractivity (Wildman–Crippen MR) is 163 cm³/mol. The van der Waals surface area contributed by atoms with Gasteiger partial charge in [0.05, 0.1) is 11.1 Å². The number of nitrogens with zero attached hydrogens (tertiary/aromatic N) is 5. The summed E-state index contributed by atoms with van der Waals surface area (Å²) in [6.07, 6.45) is 8.24. The molecule has 2 heterocycles. The van der Waals surface area contributed by atoms with E-state index in [-0.39, 0.29) is 28.8 Å². The fraction of sp³-hybridized carbons (Fsp3) is 0.333. The number of hydrogen-bond donors (Lipinski definition) is 2. The van der Waals surface area contributed by atoms with Crippen molar-refractivity contribution in [1.82, 2.24) is 14.9 Å². The Morgan fingerprint density at radius 3 is 2.32 bits per heavy atom. The highest BCUT2D eigenvalue weighted by atomic mass is 32.2. The maximum atomic E-state index is 13.5. The van der Waals surface area contributed by atoms with Crippen LogP contribution in [-0.2, 0) is 21.2 Å². The maximum Gasteiger partial charge on any atom is 0.415 e. The van der Waals surface area contributed by atoms with Crippen LogP contribution in [0.2, 0.25) is 0 Å². The summed E-state index contributed by atoms with van der Waals surface area (Å²) in [7, 11) is -4.42. The van der Waals surface area contributed by atoms with Crippen LogP contribution in [-0.4, -0.2) is 72.7 Å². The van der Waals surface area contributed by atoms with Gasteiger partial charge in [-0.2, -0.15) is 9.29 Å². The number of carboxylic acids is 1. The molecule has 0 radical (unpaired) electrons. The van der Waals surface area contributed by atoms with Gasteiger partial charge < -0.3 is 25.0 Å². The Morgan fingerprint density at radius 1 is 1.11 bits per heavy atom. The van der Waals surface area contributed by atoms with E-state index in [1.165, 1.54) is 6.20 Å². The number of aliphatic carboxylic acids is 1. The first-order valence-corrected chi connectivity index (χ1v) is 15.5. The summed E-state index contributed by atoms with van der Waals surface area (Å²) in [4.78, 5) is 36.6. The Balaban J connectivity index is 1.64. The molecule has 1 unspecified atom stereocenters. The Bertz CT molecular complexity index is 1620. The summed E-state index contributed by atoms with van der Waals surface area (Å²) in [5, 5.41) is 13.0. The van der Waals surface area contributed by atoms with Crippen LogP contribution in [0.3, 0.4) is 0 Å². The quantitative estimate of drug-likeness (QED) is 0.224. The third-order valence-corrected chi connectivity index (χ3v) is 8.68. The van der Waals surface area contributed by atoms with Crippen LogP contribution >= 0.6 is 0 Å². The van der Waals surface area contributed by atoms with Gasteiger partial charge >= 0.3 is 12.1 Å². The predicted octanol–water partition coefficient (Wildman–Crippen LogP) is 3.95. The van der Waals surface area contributed by atoms with E-state index in [9.17, 15) is 27.5 Å². The van der Waals surface area contributed by atoms with Gasteiger partial charge in [-0.3, -0.25) is 0 Å². The van der Waals surface area contributed by atoms with Crippen LogP contribution in [0.1, 0.15) is 32.3 Å². The van der Waals surface area contributed by atoms with Crippen LogP contribution < -0.4 is 19.3 Å². The second-order valence-electron chi connectivity index (χ2n) is 9.87. The summed E-state index contributed by atoms with van der Waals surface area (Å²) in [6, 6.07) is 11.4. The van der Waals surface area contributed by atoms with Gasteiger partial charge in [-0.05, 0) is 68.7 Å². The van der Waals surface area contributed by atoms with Gasteiger partial charge in [0.1, 0.15) is 23.3 Å². The third-order valence-electron chi connectivity index (χ3n) is 7.03. The molecule has 1 saturated heterocycles. The molecule has 1 atom stereocenters. The molecule has 1 aliphatic heterocycles. The molecular formula is C30H33FN6O6S. The van der Waals surface area contributed by atoms with Crippen LogP contribution in [0, 0.1) is 18.3 Å². The van der Waals surface area contributed by atoms with Crippen molar-refractivity contribution < 1.29 is 32.2 Å². The van der Waals surface area contributed by atoms with Crippen LogP contribution in [0.25, 0.3) is 0 Å². The van der Waals surface area contributed by atoms with E-state index in [0.717, 1.165) is 37.1 Å². The number of anilines is 3. The zero-order valence-electron chi connectivity index (χ0n) is 24.3. The number of sulfonamides is 1. The lowest BCUT2D eigenvalue weighted by Crippen LogP contribution is -2.34. The minimum Gasteiger partial charge on any atom is -0.480 e. The molecule has 14 heteroatoms. The number of carbonyl (C=O) groups is 2. The first kappa shape index (κ1) is 32.0. The zero-order valence-corrected chi connectivity index (χ0v) is 25.1. The smallest absolute Gasteiger partial charge is 0.415 e. The first-order valence-electron chi connectivity index (χ1n) is 14.0. The zero-order chi connectivity index (χ0) is 31.9. The molecule has 3 aromatic rings. The van der Waals surface area contributed by atoms with E-state index in [4.69, 9.17) is 11.2 Å². The van der Waals surface area contributed by atoms with Gasteiger partial charge in [-0.1, -0.05) is 18.6 Å². The highest BCUT2D eigenvalue weighted by Crippen LogP contribution is 2.31. The molecular weight excluding hydrogens is 591 g/mol. The van der Waals surface area contributed by atoms with Crippen molar-refractivity contribution in [1.29, 1.82) is 0 Å². The normalized spacial score (nSPS) is 13.5. The summed E-state index contributed by atoms with van der Waals surface area (Å²) >= 11 is 0. The lowest BCUT2D eigenvalue weighted by Gasteiger charge is -2.25. The molecule has 1 aromatic heterocycles. The molecule has 1 fully saturated rings.